The molecule has 4 rings (SSSR count). The third-order valence-electron chi connectivity index (χ3n) is 5.21. The Morgan fingerprint density at radius 3 is 2.75 bits per heavy atom. The van der Waals surface area contributed by atoms with E-state index in [2.05, 4.69) is 10.4 Å². The van der Waals surface area contributed by atoms with Crippen molar-refractivity contribution in [2.45, 2.75) is 38.0 Å². The number of anilines is 1. The lowest BCUT2D eigenvalue weighted by atomic mass is 10.1. The molecular formula is C16H23N5O2S. The van der Waals surface area contributed by atoms with E-state index < -0.39 is 9.84 Å². The third-order valence-corrected chi connectivity index (χ3v) is 7.05. The van der Waals surface area contributed by atoms with Crippen molar-refractivity contribution in [3.63, 3.8) is 0 Å². The van der Waals surface area contributed by atoms with E-state index in [1.165, 1.54) is 12.8 Å². The van der Waals surface area contributed by atoms with Crippen LogP contribution in [-0.4, -0.2) is 46.2 Å². The Morgan fingerprint density at radius 1 is 1.25 bits per heavy atom. The zero-order valence-electron chi connectivity index (χ0n) is 13.9. The maximum Gasteiger partial charge on any atom is 0.163 e. The van der Waals surface area contributed by atoms with Gasteiger partial charge in [0.25, 0.3) is 0 Å². The highest BCUT2D eigenvalue weighted by molar-refractivity contribution is 7.91. The van der Waals surface area contributed by atoms with Crippen LogP contribution < -0.4 is 5.32 Å². The van der Waals surface area contributed by atoms with Crippen LogP contribution in [0, 0.1) is 5.92 Å². The summed E-state index contributed by atoms with van der Waals surface area (Å²) in [6.45, 7) is 0.629. The topological polar surface area (TPSA) is 89.8 Å². The Kier molecular flexibility index (Phi) is 3.94. The van der Waals surface area contributed by atoms with Gasteiger partial charge in [-0.15, -0.1) is 0 Å². The number of aryl methyl sites for hydroxylation is 1. The fourth-order valence-electron chi connectivity index (χ4n) is 3.81. The van der Waals surface area contributed by atoms with Gasteiger partial charge in [0.1, 0.15) is 11.6 Å². The maximum atomic E-state index is 11.6. The molecule has 1 aliphatic heterocycles. The minimum absolute atomic E-state index is 0.159. The Bertz CT molecular complexity index is 855. The van der Waals surface area contributed by atoms with E-state index in [0.717, 1.165) is 41.9 Å². The van der Waals surface area contributed by atoms with Crippen molar-refractivity contribution >= 4 is 26.7 Å². The van der Waals surface area contributed by atoms with Gasteiger partial charge in [-0.1, -0.05) is 12.8 Å². The quantitative estimate of drug-likeness (QED) is 0.906. The summed E-state index contributed by atoms with van der Waals surface area (Å²) in [4.78, 5) is 9.50. The van der Waals surface area contributed by atoms with E-state index in [9.17, 15) is 8.42 Å². The maximum absolute atomic E-state index is 11.6. The average molecular weight is 349 g/mol. The first kappa shape index (κ1) is 15.8. The lowest BCUT2D eigenvalue weighted by molar-refractivity contribution is 0.595. The normalized spacial score (nSPS) is 24.0. The second-order valence-electron chi connectivity index (χ2n) is 7.07. The van der Waals surface area contributed by atoms with Crippen molar-refractivity contribution in [2.24, 2.45) is 13.0 Å². The molecule has 24 heavy (non-hydrogen) atoms. The van der Waals surface area contributed by atoms with Crippen LogP contribution >= 0.6 is 0 Å². The molecule has 2 fully saturated rings. The molecule has 8 heteroatoms. The van der Waals surface area contributed by atoms with E-state index in [1.807, 2.05) is 7.05 Å². The van der Waals surface area contributed by atoms with Gasteiger partial charge in [0.2, 0.25) is 0 Å². The molecule has 0 radical (unpaired) electrons. The molecule has 1 atom stereocenters. The summed E-state index contributed by atoms with van der Waals surface area (Å²) < 4.78 is 25.0. The lowest BCUT2D eigenvalue weighted by Crippen LogP contribution is -2.17. The average Bonchev–Trinajstić information content (AvgIpc) is 3.26. The summed E-state index contributed by atoms with van der Waals surface area (Å²) in [5, 5.41) is 8.58. The monoisotopic (exact) mass is 349 g/mol. The summed E-state index contributed by atoms with van der Waals surface area (Å²) in [6.07, 6.45) is 7.27. The summed E-state index contributed by atoms with van der Waals surface area (Å²) in [7, 11) is -0.959. The largest absolute Gasteiger partial charge is 0.369 e. The summed E-state index contributed by atoms with van der Waals surface area (Å²) in [5.41, 5.74) is 0.841. The van der Waals surface area contributed by atoms with Crippen molar-refractivity contribution in [1.29, 1.82) is 0 Å². The molecule has 1 aliphatic carbocycles. The molecular weight excluding hydrogens is 326 g/mol. The van der Waals surface area contributed by atoms with E-state index in [1.54, 1.807) is 10.9 Å². The smallest absolute Gasteiger partial charge is 0.163 e. The molecule has 2 aromatic heterocycles. The molecule has 130 valence electrons. The van der Waals surface area contributed by atoms with Gasteiger partial charge in [0.15, 0.2) is 15.5 Å². The van der Waals surface area contributed by atoms with Gasteiger partial charge in [0, 0.05) is 19.5 Å². The van der Waals surface area contributed by atoms with Crippen molar-refractivity contribution in [3.8, 4) is 0 Å². The molecule has 3 heterocycles. The molecule has 0 bridgehead atoms. The Hall–Kier alpha value is -1.70. The first-order chi connectivity index (χ1) is 11.5. The summed E-state index contributed by atoms with van der Waals surface area (Å²) >= 11 is 0. The highest BCUT2D eigenvalue weighted by atomic mass is 32.2. The van der Waals surface area contributed by atoms with Gasteiger partial charge >= 0.3 is 0 Å². The Morgan fingerprint density at radius 2 is 2.04 bits per heavy atom. The van der Waals surface area contributed by atoms with Gasteiger partial charge in [-0.05, 0) is 25.2 Å². The first-order valence-corrected chi connectivity index (χ1v) is 10.5. The number of nitrogens with one attached hydrogen (secondary N) is 1. The van der Waals surface area contributed by atoms with Crippen LogP contribution in [0.25, 0.3) is 11.0 Å². The molecule has 1 saturated carbocycles. The highest BCUT2D eigenvalue weighted by Crippen LogP contribution is 2.34. The Labute approximate surface area is 141 Å². The van der Waals surface area contributed by atoms with Gasteiger partial charge in [-0.25, -0.2) is 18.4 Å². The van der Waals surface area contributed by atoms with Crippen LogP contribution in [0.1, 0.15) is 43.8 Å². The standard InChI is InChI=1S/C16H23N5O2S/c1-21-16-13(9-18-21)15(17-8-11-6-7-24(22,23)10-11)19-14(20-16)12-4-2-3-5-12/h9,11-12H,2-8,10H2,1H3,(H,17,19,20). The fraction of sp³-hybridized carbons (Fsp3) is 0.688. The number of hydrogen-bond donors (Lipinski definition) is 1. The number of sulfone groups is 1. The Balaban J connectivity index is 1.61. The molecule has 2 aromatic rings. The predicted octanol–water partition coefficient (Wildman–Crippen LogP) is 1.87. The van der Waals surface area contributed by atoms with Crippen LogP contribution in [0.3, 0.4) is 0 Å². The van der Waals surface area contributed by atoms with Crippen molar-refractivity contribution in [2.75, 3.05) is 23.4 Å². The summed E-state index contributed by atoms with van der Waals surface area (Å²) in [5.74, 6) is 2.85. The van der Waals surface area contributed by atoms with Gasteiger partial charge < -0.3 is 5.32 Å². The van der Waals surface area contributed by atoms with E-state index in [4.69, 9.17) is 9.97 Å². The fourth-order valence-corrected chi connectivity index (χ4v) is 5.68. The molecule has 1 saturated heterocycles. The van der Waals surface area contributed by atoms with Gasteiger partial charge in [-0.3, -0.25) is 4.68 Å². The number of rotatable bonds is 4. The van der Waals surface area contributed by atoms with E-state index in [0.29, 0.717) is 18.2 Å². The van der Waals surface area contributed by atoms with Crippen LogP contribution in [0.15, 0.2) is 6.20 Å². The lowest BCUT2D eigenvalue weighted by Gasteiger charge is -2.14. The molecule has 2 aliphatic rings. The second-order valence-corrected chi connectivity index (χ2v) is 9.30. The predicted molar refractivity (Wildman–Crippen MR) is 92.8 cm³/mol. The van der Waals surface area contributed by atoms with Crippen molar-refractivity contribution < 1.29 is 8.42 Å². The van der Waals surface area contributed by atoms with E-state index >= 15 is 0 Å². The molecule has 1 N–H and O–H groups in total. The SMILES string of the molecule is Cn1ncc2c(NCC3CCS(=O)(=O)C3)nc(C3CCCC3)nc21. The van der Waals surface area contributed by atoms with E-state index in [-0.39, 0.29) is 11.7 Å². The van der Waals surface area contributed by atoms with Crippen LogP contribution in [0.2, 0.25) is 0 Å². The molecule has 1 unspecified atom stereocenters. The third kappa shape index (κ3) is 2.99. The molecule has 0 spiro atoms. The van der Waals surface area contributed by atoms with Crippen LogP contribution in [-0.2, 0) is 16.9 Å². The summed E-state index contributed by atoms with van der Waals surface area (Å²) in [6, 6.07) is 0. The number of hydrogen-bond acceptors (Lipinski definition) is 6. The van der Waals surface area contributed by atoms with Gasteiger partial charge in [0.05, 0.1) is 23.1 Å². The molecule has 0 aromatic carbocycles. The number of nitrogens with zero attached hydrogens (tertiary/aromatic N) is 4. The number of aromatic nitrogens is 4. The highest BCUT2D eigenvalue weighted by Gasteiger charge is 2.28. The first-order valence-electron chi connectivity index (χ1n) is 8.66. The molecule has 0 amide bonds. The zero-order valence-corrected chi connectivity index (χ0v) is 14.7. The zero-order chi connectivity index (χ0) is 16.7. The second kappa shape index (κ2) is 5.98. The molecule has 7 nitrogen and oxygen atoms in total. The number of fused-ring (bicyclic) bond motifs is 1. The van der Waals surface area contributed by atoms with Crippen molar-refractivity contribution in [3.05, 3.63) is 12.0 Å². The van der Waals surface area contributed by atoms with Gasteiger partial charge in [-0.2, -0.15) is 5.10 Å². The minimum Gasteiger partial charge on any atom is -0.369 e. The van der Waals surface area contributed by atoms with Crippen LogP contribution in [0.4, 0.5) is 5.82 Å². The van der Waals surface area contributed by atoms with Crippen molar-refractivity contribution in [1.82, 2.24) is 19.7 Å². The van der Waals surface area contributed by atoms with Crippen LogP contribution in [0.5, 0.6) is 0 Å². The minimum atomic E-state index is -2.85.